The Bertz CT molecular complexity index is 620. The summed E-state index contributed by atoms with van der Waals surface area (Å²) in [5.41, 5.74) is 10.5. The van der Waals surface area contributed by atoms with Crippen molar-refractivity contribution in [2.45, 2.75) is 46.5 Å². The van der Waals surface area contributed by atoms with Crippen molar-refractivity contribution in [3.63, 3.8) is 0 Å². The maximum Gasteiger partial charge on any atom is -0.00105 e. The van der Waals surface area contributed by atoms with Gasteiger partial charge in [-0.25, -0.2) is 0 Å². The highest BCUT2D eigenvalue weighted by molar-refractivity contribution is 5.78. The average Bonchev–Trinajstić information content (AvgIpc) is 2.75. The fourth-order valence-electron chi connectivity index (χ4n) is 3.29. The molecule has 0 fully saturated rings. The Balaban J connectivity index is 2.10. The van der Waals surface area contributed by atoms with E-state index in [-0.39, 0.29) is 0 Å². The smallest absolute Gasteiger partial charge is 0.00105 e. The van der Waals surface area contributed by atoms with E-state index >= 15 is 0 Å². The minimum absolute atomic E-state index is 1.13. The van der Waals surface area contributed by atoms with Crippen LogP contribution < -0.4 is 0 Å². The Kier molecular flexibility index (Phi) is 3.18. The molecule has 0 amide bonds. The molecular weight excluding hydrogens is 228 g/mol. The summed E-state index contributed by atoms with van der Waals surface area (Å²) in [5, 5.41) is 0. The van der Waals surface area contributed by atoms with Crippen LogP contribution in [-0.4, -0.2) is 0 Å². The van der Waals surface area contributed by atoms with E-state index in [1.165, 1.54) is 47.1 Å². The molecule has 0 saturated heterocycles. The predicted octanol–water partition coefficient (Wildman–Crippen LogP) is 5.22. The number of hydrogen-bond acceptors (Lipinski definition) is 0. The normalized spacial score (nSPS) is 12.4. The third-order valence-electron chi connectivity index (χ3n) is 4.36. The molecule has 0 unspecified atom stereocenters. The molecule has 0 radical (unpaired) electrons. The Morgan fingerprint density at radius 1 is 1.00 bits per heavy atom. The standard InChI is InChI=1S/C19H22/c1-4-5-6-16-14(3)8-10-18-17-9-7-13(2)11-15(17)12-19(16)18/h7-11H,4-6,12H2,1-3H3. The monoisotopic (exact) mass is 250 g/mol. The van der Waals surface area contributed by atoms with Gasteiger partial charge in [-0.15, -0.1) is 0 Å². The summed E-state index contributed by atoms with van der Waals surface area (Å²) in [5.74, 6) is 0. The largest absolute Gasteiger partial charge is 0.0654 e. The van der Waals surface area contributed by atoms with Crippen molar-refractivity contribution in [1.29, 1.82) is 0 Å². The average molecular weight is 250 g/mol. The molecular formula is C19H22. The molecule has 1 aliphatic carbocycles. The third-order valence-corrected chi connectivity index (χ3v) is 4.36. The van der Waals surface area contributed by atoms with Crippen LogP contribution in [0.4, 0.5) is 0 Å². The molecule has 19 heavy (non-hydrogen) atoms. The van der Waals surface area contributed by atoms with E-state index in [4.69, 9.17) is 0 Å². The SMILES string of the molecule is CCCCc1c(C)ccc2c1Cc1cc(C)ccc1-2. The number of hydrogen-bond donors (Lipinski definition) is 0. The third kappa shape index (κ3) is 2.10. The van der Waals surface area contributed by atoms with E-state index in [2.05, 4.69) is 51.1 Å². The fourth-order valence-corrected chi connectivity index (χ4v) is 3.29. The van der Waals surface area contributed by atoms with Crippen molar-refractivity contribution in [2.75, 3.05) is 0 Å². The van der Waals surface area contributed by atoms with E-state index in [0.717, 1.165) is 6.42 Å². The first-order chi connectivity index (χ1) is 9.20. The van der Waals surface area contributed by atoms with Gasteiger partial charge in [0.2, 0.25) is 0 Å². The first-order valence-corrected chi connectivity index (χ1v) is 7.42. The second-order valence-electron chi connectivity index (χ2n) is 5.83. The van der Waals surface area contributed by atoms with E-state index in [1.54, 1.807) is 11.1 Å². The second kappa shape index (κ2) is 4.85. The Hall–Kier alpha value is -1.56. The minimum atomic E-state index is 1.13. The molecule has 1 aliphatic rings. The molecule has 0 atom stereocenters. The first-order valence-electron chi connectivity index (χ1n) is 7.42. The fraction of sp³-hybridized carbons (Fsp3) is 0.368. The van der Waals surface area contributed by atoms with E-state index in [1.807, 2.05) is 0 Å². The van der Waals surface area contributed by atoms with Gasteiger partial charge in [-0.05, 0) is 66.5 Å². The van der Waals surface area contributed by atoms with Crippen LogP contribution in [0, 0.1) is 13.8 Å². The topological polar surface area (TPSA) is 0 Å². The molecule has 0 N–H and O–H groups in total. The lowest BCUT2D eigenvalue weighted by Crippen LogP contribution is -1.96. The van der Waals surface area contributed by atoms with Crippen LogP contribution in [0.25, 0.3) is 11.1 Å². The zero-order chi connectivity index (χ0) is 13.4. The van der Waals surface area contributed by atoms with E-state index < -0.39 is 0 Å². The summed E-state index contributed by atoms with van der Waals surface area (Å²) in [4.78, 5) is 0. The van der Waals surface area contributed by atoms with Gasteiger partial charge in [0.1, 0.15) is 0 Å². The van der Waals surface area contributed by atoms with Crippen LogP contribution >= 0.6 is 0 Å². The lowest BCUT2D eigenvalue weighted by Gasteiger charge is -2.11. The van der Waals surface area contributed by atoms with Gasteiger partial charge in [0.05, 0.1) is 0 Å². The first kappa shape index (κ1) is 12.5. The number of benzene rings is 2. The summed E-state index contributed by atoms with van der Waals surface area (Å²) in [6, 6.07) is 11.5. The van der Waals surface area contributed by atoms with E-state index in [0.29, 0.717) is 0 Å². The molecule has 0 aliphatic heterocycles. The van der Waals surface area contributed by atoms with Gasteiger partial charge in [0.15, 0.2) is 0 Å². The number of aryl methyl sites for hydroxylation is 2. The van der Waals surface area contributed by atoms with E-state index in [9.17, 15) is 0 Å². The maximum absolute atomic E-state index is 2.36. The van der Waals surface area contributed by atoms with Crippen molar-refractivity contribution < 1.29 is 0 Å². The highest BCUT2D eigenvalue weighted by Gasteiger charge is 2.21. The Labute approximate surface area is 116 Å². The highest BCUT2D eigenvalue weighted by atomic mass is 14.3. The van der Waals surface area contributed by atoms with Gasteiger partial charge in [-0.2, -0.15) is 0 Å². The molecule has 0 heterocycles. The molecule has 2 aromatic carbocycles. The Morgan fingerprint density at radius 2 is 1.79 bits per heavy atom. The van der Waals surface area contributed by atoms with Gasteiger partial charge in [-0.3, -0.25) is 0 Å². The Morgan fingerprint density at radius 3 is 2.58 bits per heavy atom. The van der Waals surface area contributed by atoms with Crippen LogP contribution in [0.2, 0.25) is 0 Å². The number of rotatable bonds is 3. The van der Waals surface area contributed by atoms with Crippen molar-refractivity contribution in [3.05, 3.63) is 58.1 Å². The van der Waals surface area contributed by atoms with Gasteiger partial charge in [0.25, 0.3) is 0 Å². The number of fused-ring (bicyclic) bond motifs is 3. The summed E-state index contributed by atoms with van der Waals surface area (Å²) in [6.07, 6.45) is 4.94. The lowest BCUT2D eigenvalue weighted by molar-refractivity contribution is 0.786. The van der Waals surface area contributed by atoms with Gasteiger partial charge in [-0.1, -0.05) is 49.2 Å². The summed E-state index contributed by atoms with van der Waals surface area (Å²) >= 11 is 0. The summed E-state index contributed by atoms with van der Waals surface area (Å²) in [6.45, 7) is 6.72. The molecule has 98 valence electrons. The van der Waals surface area contributed by atoms with Crippen molar-refractivity contribution in [3.8, 4) is 11.1 Å². The van der Waals surface area contributed by atoms with Crippen molar-refractivity contribution >= 4 is 0 Å². The molecule has 0 spiro atoms. The van der Waals surface area contributed by atoms with Crippen LogP contribution in [-0.2, 0) is 12.8 Å². The molecule has 0 aromatic heterocycles. The molecule has 0 bridgehead atoms. The van der Waals surface area contributed by atoms with Crippen LogP contribution in [0.15, 0.2) is 30.3 Å². The van der Waals surface area contributed by atoms with Gasteiger partial charge in [0, 0.05) is 0 Å². The predicted molar refractivity (Wildman–Crippen MR) is 82.8 cm³/mol. The second-order valence-corrected chi connectivity index (χ2v) is 5.83. The van der Waals surface area contributed by atoms with Gasteiger partial charge < -0.3 is 0 Å². The van der Waals surface area contributed by atoms with Crippen LogP contribution in [0.3, 0.4) is 0 Å². The van der Waals surface area contributed by atoms with Crippen LogP contribution in [0.1, 0.15) is 47.6 Å². The molecule has 0 saturated carbocycles. The minimum Gasteiger partial charge on any atom is -0.0654 e. The molecule has 0 heteroatoms. The molecule has 0 nitrogen and oxygen atoms in total. The van der Waals surface area contributed by atoms with Gasteiger partial charge >= 0.3 is 0 Å². The molecule has 2 aromatic rings. The quantitative estimate of drug-likeness (QED) is 0.598. The summed E-state index contributed by atoms with van der Waals surface area (Å²) < 4.78 is 0. The van der Waals surface area contributed by atoms with Crippen molar-refractivity contribution in [1.82, 2.24) is 0 Å². The highest BCUT2D eigenvalue weighted by Crippen LogP contribution is 2.40. The lowest BCUT2D eigenvalue weighted by atomic mass is 9.93. The maximum atomic E-state index is 2.36. The number of unbranched alkanes of at least 4 members (excludes halogenated alkanes) is 1. The van der Waals surface area contributed by atoms with Crippen LogP contribution in [0.5, 0.6) is 0 Å². The zero-order valence-electron chi connectivity index (χ0n) is 12.2. The van der Waals surface area contributed by atoms with Crippen molar-refractivity contribution in [2.24, 2.45) is 0 Å². The zero-order valence-corrected chi connectivity index (χ0v) is 12.2. The summed E-state index contributed by atoms with van der Waals surface area (Å²) in [7, 11) is 0. The molecule has 3 rings (SSSR count).